The van der Waals surface area contributed by atoms with Gasteiger partial charge in [-0.1, -0.05) is 50.3 Å². The van der Waals surface area contributed by atoms with E-state index in [0.29, 0.717) is 25.2 Å². The molecular formula is C44H56N6O10. The fourth-order valence-electron chi connectivity index (χ4n) is 8.67. The number of aromatic amines is 2. The number of nitrogens with zero attached hydrogens (tertiary/aromatic N) is 2. The van der Waals surface area contributed by atoms with Gasteiger partial charge in [-0.15, -0.1) is 0 Å². The summed E-state index contributed by atoms with van der Waals surface area (Å²) in [5, 5.41) is 59.8. The zero-order chi connectivity index (χ0) is 43.4. The van der Waals surface area contributed by atoms with E-state index in [0.717, 1.165) is 36.7 Å². The van der Waals surface area contributed by atoms with Gasteiger partial charge in [-0.2, -0.15) is 0 Å². The van der Waals surface area contributed by atoms with Gasteiger partial charge in [-0.25, -0.2) is 9.59 Å². The molecule has 60 heavy (non-hydrogen) atoms. The van der Waals surface area contributed by atoms with Crippen LogP contribution in [-0.4, -0.2) is 151 Å². The summed E-state index contributed by atoms with van der Waals surface area (Å²) in [6, 6.07) is 13.0. The van der Waals surface area contributed by atoms with E-state index in [1.807, 2.05) is 13.8 Å². The van der Waals surface area contributed by atoms with E-state index in [1.165, 1.54) is 44.2 Å². The number of amides is 2. The second-order valence-electron chi connectivity index (χ2n) is 16.0. The zero-order valence-corrected chi connectivity index (χ0v) is 34.3. The van der Waals surface area contributed by atoms with Crippen LogP contribution >= 0.6 is 0 Å². The third kappa shape index (κ3) is 9.04. The first-order valence-electron chi connectivity index (χ1n) is 20.4. The Hall–Kier alpha value is -5.36. The number of benzene rings is 2. The van der Waals surface area contributed by atoms with Gasteiger partial charge < -0.3 is 51.2 Å². The van der Waals surface area contributed by atoms with Crippen molar-refractivity contribution < 1.29 is 49.8 Å². The summed E-state index contributed by atoms with van der Waals surface area (Å²) in [5.74, 6) is -3.90. The molecule has 0 unspecified atom stereocenters. The first-order valence-corrected chi connectivity index (χ1v) is 20.4. The van der Waals surface area contributed by atoms with Gasteiger partial charge in [0.05, 0.1) is 37.1 Å². The Morgan fingerprint density at radius 2 is 1.07 bits per heavy atom. The second kappa shape index (κ2) is 18.9. The molecule has 0 bridgehead atoms. The highest BCUT2D eigenvalue weighted by Gasteiger charge is 2.37. The van der Waals surface area contributed by atoms with E-state index >= 15 is 0 Å². The molecule has 8 rings (SSSR count). The van der Waals surface area contributed by atoms with Crippen LogP contribution in [0.3, 0.4) is 0 Å². The van der Waals surface area contributed by atoms with Crippen LogP contribution in [0, 0.1) is 11.8 Å². The Kier molecular flexibility index (Phi) is 13.9. The number of hydrogen-bond donors (Lipinski definition) is 10. The lowest BCUT2D eigenvalue weighted by Crippen LogP contribution is -2.48. The molecule has 0 spiro atoms. The van der Waals surface area contributed by atoms with E-state index in [1.54, 1.807) is 0 Å². The van der Waals surface area contributed by atoms with Gasteiger partial charge in [-0.05, 0) is 85.3 Å². The van der Waals surface area contributed by atoms with Crippen LogP contribution in [-0.2, 0) is 32.0 Å². The van der Waals surface area contributed by atoms with Gasteiger partial charge in [0, 0.05) is 59.4 Å². The van der Waals surface area contributed by atoms with E-state index < -0.39 is 24.1 Å². The minimum Gasteiger partial charge on any atom is -0.479 e. The van der Waals surface area contributed by atoms with E-state index in [2.05, 4.69) is 105 Å². The highest BCUT2D eigenvalue weighted by molar-refractivity contribution is 6.00. The fourth-order valence-corrected chi connectivity index (χ4v) is 8.67. The first-order chi connectivity index (χ1) is 28.7. The molecule has 322 valence electrons. The number of carboxylic acid groups (broad SMARTS) is 2. The van der Waals surface area contributed by atoms with Crippen LogP contribution in [0.25, 0.3) is 33.0 Å². The maximum Gasteiger partial charge on any atom is 0.335 e. The average Bonchev–Trinajstić information content (AvgIpc) is 3.87. The normalized spacial score (nSPS) is 22.5. The summed E-state index contributed by atoms with van der Waals surface area (Å²) in [7, 11) is 4.19. The quantitative estimate of drug-likeness (QED) is 0.104. The number of aliphatic hydroxyl groups is 4. The number of aliphatic hydroxyl groups excluding tert-OH is 4. The molecule has 4 aliphatic rings. The molecular weight excluding hydrogens is 773 g/mol. The summed E-state index contributed by atoms with van der Waals surface area (Å²) < 4.78 is 0. The molecule has 0 radical (unpaired) electrons. The molecule has 2 aliphatic carbocycles. The predicted molar refractivity (Wildman–Crippen MR) is 226 cm³/mol. The summed E-state index contributed by atoms with van der Waals surface area (Å²) in [4.78, 5) is 56.2. The molecule has 0 saturated heterocycles. The van der Waals surface area contributed by atoms with Crippen LogP contribution in [0.4, 0.5) is 0 Å². The number of H-pyrrole nitrogens is 2. The van der Waals surface area contributed by atoms with Crippen molar-refractivity contribution >= 4 is 56.7 Å². The van der Waals surface area contributed by atoms with Crippen molar-refractivity contribution in [2.45, 2.75) is 75.9 Å². The zero-order valence-electron chi connectivity index (χ0n) is 34.3. The van der Waals surface area contributed by atoms with Gasteiger partial charge in [0.15, 0.2) is 12.2 Å². The van der Waals surface area contributed by atoms with Crippen molar-refractivity contribution in [1.82, 2.24) is 30.4 Å². The number of carbonyl (C=O) groups excluding carboxylic acids is 2. The van der Waals surface area contributed by atoms with Gasteiger partial charge in [-0.3, -0.25) is 19.4 Å². The summed E-state index contributed by atoms with van der Waals surface area (Å²) >= 11 is 0. The SMILES string of the molecule is CC[C@@H](CO)NC(=O)[C@@H]1C=C2c3cccc4[nH]cc(c34)C[C@H]2N(C)C1.CC[C@@H](CO)NC(=O)[C@@H]1C=C2c3cccc4[nH]cc(c34)C[C@H]2N(C)C1.O=C(O)[C@H](O)[C@@H](O)C(=O)O. The highest BCUT2D eigenvalue weighted by atomic mass is 16.4. The Bertz CT molecular complexity index is 2110. The largest absolute Gasteiger partial charge is 0.479 e. The second-order valence-corrected chi connectivity index (χ2v) is 16.0. The van der Waals surface area contributed by atoms with Crippen LogP contribution in [0.5, 0.6) is 0 Å². The number of nitrogens with one attached hydrogen (secondary N) is 4. The lowest BCUT2D eigenvalue weighted by Gasteiger charge is -2.39. The van der Waals surface area contributed by atoms with Crippen molar-refractivity contribution in [2.24, 2.45) is 11.8 Å². The van der Waals surface area contributed by atoms with Crippen LogP contribution in [0.15, 0.2) is 60.9 Å². The van der Waals surface area contributed by atoms with Crippen molar-refractivity contribution in [1.29, 1.82) is 0 Å². The topological polar surface area (TPSA) is 252 Å². The molecule has 4 heterocycles. The maximum absolute atomic E-state index is 12.7. The number of fused-ring (bicyclic) bond motifs is 4. The molecule has 2 aromatic heterocycles. The van der Waals surface area contributed by atoms with Crippen LogP contribution in [0.1, 0.15) is 48.9 Å². The third-order valence-electron chi connectivity index (χ3n) is 12.1. The van der Waals surface area contributed by atoms with Gasteiger partial charge in [0.1, 0.15) is 0 Å². The maximum atomic E-state index is 12.7. The molecule has 10 N–H and O–H groups in total. The Morgan fingerprint density at radius 1 is 0.683 bits per heavy atom. The Labute approximate surface area is 347 Å². The molecule has 2 aromatic carbocycles. The number of carboxylic acids is 2. The van der Waals surface area contributed by atoms with E-state index in [-0.39, 0.29) is 48.9 Å². The number of aliphatic carboxylic acids is 2. The number of aromatic nitrogens is 2. The Morgan fingerprint density at radius 3 is 1.40 bits per heavy atom. The standard InChI is InChI=1S/2C20H25N3O2.C4H6O6/c2*1-3-14(11-24)22-20(25)13-7-16-15-5-4-6-17-19(15)12(9-21-17)8-18(16)23(2)10-13;5-1(3(7)8)2(6)4(9)10/h2*4-7,9,13-14,18,21,24H,3,8,10-11H2,1-2H3,(H,22,25);1-2,5-6H,(H,7,8)(H,9,10)/t2*13-,14+,18-;1-,2-/m111/s1. The highest BCUT2D eigenvalue weighted by Crippen LogP contribution is 2.42. The molecule has 2 amide bonds. The van der Waals surface area contributed by atoms with Crippen molar-refractivity contribution in [3.8, 4) is 0 Å². The van der Waals surface area contributed by atoms with Crippen molar-refractivity contribution in [3.05, 3.63) is 83.2 Å². The number of hydrogen-bond acceptors (Lipinski definition) is 10. The average molecular weight is 829 g/mol. The van der Waals surface area contributed by atoms with Gasteiger partial charge in [0.25, 0.3) is 0 Å². The minimum atomic E-state index is -2.27. The summed E-state index contributed by atoms with van der Waals surface area (Å²) in [6.07, 6.45) is 7.41. The van der Waals surface area contributed by atoms with Crippen molar-refractivity contribution in [2.75, 3.05) is 40.4 Å². The molecule has 0 saturated carbocycles. The van der Waals surface area contributed by atoms with Crippen molar-refractivity contribution in [3.63, 3.8) is 0 Å². The number of rotatable bonds is 11. The van der Waals surface area contributed by atoms with Crippen LogP contribution < -0.4 is 10.6 Å². The first kappa shape index (κ1) is 44.2. The molecule has 2 aliphatic heterocycles. The predicted octanol–water partition coefficient (Wildman–Crippen LogP) is 1.73. The molecule has 16 nitrogen and oxygen atoms in total. The fraction of sp³-hybridized carbons (Fsp3) is 0.455. The molecule has 8 atom stereocenters. The van der Waals surface area contributed by atoms with Gasteiger partial charge >= 0.3 is 11.9 Å². The van der Waals surface area contributed by atoms with E-state index in [4.69, 9.17) is 20.4 Å². The number of likely N-dealkylation sites (N-methyl/N-ethyl adjacent to an activating group) is 2. The van der Waals surface area contributed by atoms with E-state index in [9.17, 15) is 29.4 Å². The Balaban J connectivity index is 0.000000165. The molecule has 16 heteroatoms. The summed E-state index contributed by atoms with van der Waals surface area (Å²) in [6.45, 7) is 5.32. The molecule has 4 aromatic rings. The van der Waals surface area contributed by atoms with Crippen LogP contribution in [0.2, 0.25) is 0 Å². The lowest BCUT2D eigenvalue weighted by molar-refractivity contribution is -0.165. The summed E-state index contributed by atoms with van der Waals surface area (Å²) in [5.41, 5.74) is 10.0. The molecule has 0 fully saturated rings. The number of carbonyl (C=O) groups is 4. The van der Waals surface area contributed by atoms with Gasteiger partial charge in [0.2, 0.25) is 11.8 Å². The lowest BCUT2D eigenvalue weighted by atomic mass is 9.80. The minimum absolute atomic E-state index is 0.00532. The smallest absolute Gasteiger partial charge is 0.335 e. The monoisotopic (exact) mass is 828 g/mol. The third-order valence-corrected chi connectivity index (χ3v) is 12.1.